The first kappa shape index (κ1) is 82.6. The molecule has 0 atom stereocenters. The van der Waals surface area contributed by atoms with Crippen LogP contribution in [0.5, 0.6) is 17.2 Å². The fourth-order valence-electron chi connectivity index (χ4n) is 9.66. The number of rotatable bonds is 12. The molecule has 12 aromatic rings. The third-order valence-corrected chi connectivity index (χ3v) is 17.7. The molecule has 12 aromatic carbocycles. The maximum absolute atomic E-state index is 11.3. The average molecular weight is 1530 g/mol. The predicted octanol–water partition coefficient (Wildman–Crippen LogP) is 14.1. The van der Waals surface area contributed by atoms with Gasteiger partial charge in [-0.15, -0.1) is 14.7 Å². The summed E-state index contributed by atoms with van der Waals surface area (Å²) in [5.41, 5.74) is 29.2. The number of fused-ring (bicyclic) bond motifs is 3. The Hall–Kier alpha value is -12.3. The molecule has 0 aliphatic carbocycles. The van der Waals surface area contributed by atoms with Crippen LogP contribution in [0.3, 0.4) is 0 Å². The number of aryl methyl sites for hydroxylation is 6. The van der Waals surface area contributed by atoms with Gasteiger partial charge in [0.1, 0.15) is 47.4 Å². The van der Waals surface area contributed by atoms with E-state index >= 15 is 0 Å². The molecule has 9 N–H and O–H groups in total. The smallest absolute Gasteiger partial charge is 0.871 e. The van der Waals surface area contributed by atoms with E-state index in [1.165, 1.54) is 36.4 Å². The van der Waals surface area contributed by atoms with Crippen LogP contribution < -0.4 is 48.5 Å². The van der Waals surface area contributed by atoms with Gasteiger partial charge in [0, 0.05) is 33.2 Å². The fraction of sp³-hybridized carbons (Fsp3) is 0.0800. The number of hydrogen-bond donors (Lipinski definition) is 6. The van der Waals surface area contributed by atoms with Crippen LogP contribution in [-0.2, 0) is 47.4 Å². The van der Waals surface area contributed by atoms with Crippen molar-refractivity contribution in [1.82, 2.24) is 0 Å². The Kier molecular flexibility index (Phi) is 29.4. The number of anilines is 3. The van der Waals surface area contributed by atoms with Crippen molar-refractivity contribution in [2.75, 3.05) is 16.0 Å². The topological polar surface area (TPSA) is 480 Å². The SMILES string of the molecule is Cc1ccccc1N=C(N)Nc1ccccc1C.Cc1ccccc1N=C(N)Nc1ccccc1C.Cc1ccccc1N=C(N)Nc1ccccc1C.O=Nc1c([O-])ccc2cc(S(=O)(=O)[O-])ccc12.O=Nc1c([O-])ccc2cc(S(=O)(=O)[O-])ccc12.O=Nc1c([O-])ccc2cc(S(=O)(=O)[O-])ccc12.[Fe+3].[H+].[H+].[H+]. The molecule has 545 valence electrons. The van der Waals surface area contributed by atoms with Gasteiger partial charge in [0.05, 0.1) is 31.7 Å². The summed E-state index contributed by atoms with van der Waals surface area (Å²) in [5, 5.41) is 52.5. The fourth-order valence-corrected chi connectivity index (χ4v) is 11.2. The zero-order valence-electron chi connectivity index (χ0n) is 60.1. The summed E-state index contributed by atoms with van der Waals surface area (Å²) < 4.78 is 97.2. The molecule has 0 aromatic heterocycles. The van der Waals surface area contributed by atoms with Crippen LogP contribution >= 0.6 is 0 Å². The number of nitrogens with one attached hydrogen (secondary N) is 3. The van der Waals surface area contributed by atoms with E-state index in [0.717, 1.165) is 122 Å². The first-order chi connectivity index (χ1) is 49.8. The molecule has 0 unspecified atom stereocenters. The van der Waals surface area contributed by atoms with Gasteiger partial charge in [0.25, 0.3) is 0 Å². The van der Waals surface area contributed by atoms with E-state index in [1.807, 2.05) is 187 Å². The average Bonchev–Trinajstić information content (AvgIpc) is 0.802. The summed E-state index contributed by atoms with van der Waals surface area (Å²) >= 11 is 0. The van der Waals surface area contributed by atoms with Gasteiger partial charge in [-0.1, -0.05) is 181 Å². The molecule has 12 rings (SSSR count). The van der Waals surface area contributed by atoms with Crippen molar-refractivity contribution < 1.29 is 75.6 Å². The Morgan fingerprint density at radius 1 is 0.321 bits per heavy atom. The third-order valence-electron chi connectivity index (χ3n) is 15.2. The minimum atomic E-state index is -4.56. The second-order valence-electron chi connectivity index (χ2n) is 22.7. The van der Waals surface area contributed by atoms with Gasteiger partial charge < -0.3 is 62.1 Å². The standard InChI is InChI=1S/3C15H17N3.3C10H7NO5S.Fe/c3*1-11-7-3-5-9-13(11)17-15(16)18-14-10-6-4-8-12(14)2;3*12-9-4-1-6-5-7(17(14,15)16)2-3-8(6)10(9)11-13;/h3*3-10H,1-2H3,(H3,16,17,18);3*1-5,12H,(H,14,15,16);/q;;;;;;+3/p-3. The number of nitrogens with zero attached hydrogens (tertiary/aromatic N) is 6. The maximum Gasteiger partial charge on any atom is 3.00 e. The number of guanidine groups is 3. The second-order valence-corrected chi connectivity index (χ2v) is 26.8. The minimum Gasteiger partial charge on any atom is -0.871 e. The van der Waals surface area contributed by atoms with Crippen LogP contribution in [0.1, 0.15) is 37.7 Å². The van der Waals surface area contributed by atoms with Gasteiger partial charge >= 0.3 is 21.3 Å². The number of nitrogens with two attached hydrogens (primary N) is 3. The molecule has 27 nitrogen and oxygen atoms in total. The van der Waals surface area contributed by atoms with E-state index in [-0.39, 0.29) is 54.6 Å². The van der Waals surface area contributed by atoms with E-state index in [9.17, 15) is 69.0 Å². The molecule has 0 fully saturated rings. The summed E-state index contributed by atoms with van der Waals surface area (Å²) in [4.78, 5) is 43.4. The Bertz CT molecular complexity index is 5130. The largest absolute Gasteiger partial charge is 3.00 e. The summed E-state index contributed by atoms with van der Waals surface area (Å²) in [5.74, 6) is -0.448. The number of hydrogen-bond acceptors (Lipinski definition) is 21. The molecule has 0 saturated carbocycles. The Morgan fingerprint density at radius 3 is 0.745 bits per heavy atom. The van der Waals surface area contributed by atoms with Crippen LogP contribution in [0.4, 0.5) is 51.2 Å². The van der Waals surface area contributed by atoms with Crippen molar-refractivity contribution in [2.45, 2.75) is 56.2 Å². The number of para-hydroxylation sites is 6. The van der Waals surface area contributed by atoms with Crippen LogP contribution in [-0.4, -0.2) is 56.8 Å². The maximum atomic E-state index is 11.3. The normalized spacial score (nSPS) is 11.3. The quantitative estimate of drug-likeness (QED) is 0.0217. The third kappa shape index (κ3) is 23.4. The van der Waals surface area contributed by atoms with E-state index < -0.39 is 62.3 Å². The van der Waals surface area contributed by atoms with Gasteiger partial charge in [0.2, 0.25) is 0 Å². The van der Waals surface area contributed by atoms with E-state index in [1.54, 1.807) is 0 Å². The number of benzene rings is 12. The molecular formula is C75H69FeN12O15S3. The Balaban J connectivity index is 0.000000337. The van der Waals surface area contributed by atoms with Crippen molar-refractivity contribution in [3.63, 3.8) is 0 Å². The molecule has 1 radical (unpaired) electrons. The molecule has 31 heteroatoms. The minimum absolute atomic E-state index is 0. The molecule has 0 heterocycles. The molecule has 0 bridgehead atoms. The van der Waals surface area contributed by atoms with Crippen molar-refractivity contribution in [3.8, 4) is 17.2 Å². The number of nitroso groups, excluding NO2 is 3. The summed E-state index contributed by atoms with van der Waals surface area (Å²) in [7, 11) is -13.7. The van der Waals surface area contributed by atoms with Crippen molar-refractivity contribution >= 4 is 132 Å². The van der Waals surface area contributed by atoms with Crippen molar-refractivity contribution in [2.24, 2.45) is 47.7 Å². The molecule has 106 heavy (non-hydrogen) atoms. The predicted molar refractivity (Wildman–Crippen MR) is 406 cm³/mol. The van der Waals surface area contributed by atoms with Gasteiger partial charge in [-0.2, -0.15) is 0 Å². The van der Waals surface area contributed by atoms with E-state index in [2.05, 4.69) is 46.5 Å². The monoisotopic (exact) mass is 1530 g/mol. The van der Waals surface area contributed by atoms with E-state index in [0.29, 0.717) is 34.0 Å². The summed E-state index contributed by atoms with van der Waals surface area (Å²) in [6.07, 6.45) is 0. The zero-order valence-corrected chi connectivity index (χ0v) is 60.7. The van der Waals surface area contributed by atoms with Crippen molar-refractivity contribution in [3.05, 3.63) is 285 Å². The zero-order chi connectivity index (χ0) is 76.8. The molecule has 0 aliphatic rings. The van der Waals surface area contributed by atoms with Gasteiger partial charge in [-0.3, -0.25) is 0 Å². The van der Waals surface area contributed by atoms with Crippen molar-refractivity contribution in [1.29, 1.82) is 0 Å². The molecule has 0 saturated heterocycles. The van der Waals surface area contributed by atoms with Gasteiger partial charge in [0.15, 0.2) is 17.9 Å². The first-order valence-corrected chi connectivity index (χ1v) is 35.3. The van der Waals surface area contributed by atoms with E-state index in [4.69, 9.17) is 17.2 Å². The molecule has 0 aliphatic heterocycles. The second kappa shape index (κ2) is 37.7. The van der Waals surface area contributed by atoms with Gasteiger partial charge in [-0.05, 0) is 179 Å². The van der Waals surface area contributed by atoms with Crippen LogP contribution in [0, 0.1) is 56.3 Å². The first-order valence-electron chi connectivity index (χ1n) is 31.1. The van der Waals surface area contributed by atoms with Crippen LogP contribution in [0.15, 0.2) is 282 Å². The van der Waals surface area contributed by atoms with Crippen LogP contribution in [0.25, 0.3) is 32.3 Å². The number of aliphatic imine (C=N–C) groups is 3. The molecular weight excluding hydrogens is 1460 g/mol. The molecule has 0 amide bonds. The Morgan fingerprint density at radius 2 is 0.538 bits per heavy atom. The van der Waals surface area contributed by atoms with Gasteiger partial charge in [-0.25, -0.2) is 40.2 Å². The van der Waals surface area contributed by atoms with Crippen LogP contribution in [0.2, 0.25) is 0 Å². The summed E-state index contributed by atoms with van der Waals surface area (Å²) in [6, 6.07) is 65.0. The Labute approximate surface area is 625 Å². The summed E-state index contributed by atoms with van der Waals surface area (Å²) in [6.45, 7) is 12.1. The molecule has 0 spiro atoms.